The van der Waals surface area contributed by atoms with Crippen molar-refractivity contribution < 1.29 is 37.9 Å². The van der Waals surface area contributed by atoms with Crippen LogP contribution in [0.2, 0.25) is 0 Å². The summed E-state index contributed by atoms with van der Waals surface area (Å²) < 4.78 is 47.6. The summed E-state index contributed by atoms with van der Waals surface area (Å²) in [6.07, 6.45) is 6.46. The minimum atomic E-state index is -1.05. The molecule has 0 aromatic heterocycles. The van der Waals surface area contributed by atoms with E-state index in [4.69, 9.17) is 37.9 Å². The summed E-state index contributed by atoms with van der Waals surface area (Å²) >= 11 is 0. The van der Waals surface area contributed by atoms with Gasteiger partial charge in [-0.25, -0.2) is 0 Å². The Morgan fingerprint density at radius 1 is 0.641 bits per heavy atom. The molecule has 0 aliphatic carbocycles. The van der Waals surface area contributed by atoms with Crippen molar-refractivity contribution in [2.45, 2.75) is 71.5 Å². The Bertz CT molecular complexity index is 1030. The SMILES string of the molecule is CCCCOCCOCCOC(Cc1ccc2c(c1)OCO2)(OCCCC)c1cc2c(cc1CCC)OCO2. The third kappa shape index (κ3) is 8.01. The fraction of sp³-hybridized carbons (Fsp3) is 0.613. The van der Waals surface area contributed by atoms with Crippen molar-refractivity contribution >= 4 is 0 Å². The zero-order valence-electron chi connectivity index (χ0n) is 23.8. The Morgan fingerprint density at radius 3 is 2.00 bits per heavy atom. The summed E-state index contributed by atoms with van der Waals surface area (Å²) in [5.41, 5.74) is 3.12. The Balaban J connectivity index is 1.59. The summed E-state index contributed by atoms with van der Waals surface area (Å²) in [6.45, 7) is 10.2. The highest BCUT2D eigenvalue weighted by Gasteiger charge is 2.39. The van der Waals surface area contributed by atoms with E-state index >= 15 is 0 Å². The van der Waals surface area contributed by atoms with Gasteiger partial charge >= 0.3 is 0 Å². The second kappa shape index (κ2) is 15.3. The van der Waals surface area contributed by atoms with Crippen LogP contribution in [0.25, 0.3) is 0 Å². The van der Waals surface area contributed by atoms with E-state index in [1.807, 2.05) is 24.3 Å². The molecule has 8 nitrogen and oxygen atoms in total. The van der Waals surface area contributed by atoms with Gasteiger partial charge in [-0.15, -0.1) is 0 Å². The average molecular weight is 545 g/mol. The van der Waals surface area contributed by atoms with E-state index in [-0.39, 0.29) is 13.6 Å². The van der Waals surface area contributed by atoms with Gasteiger partial charge < -0.3 is 37.9 Å². The molecule has 2 aromatic rings. The van der Waals surface area contributed by atoms with Gasteiger partial charge in [0.2, 0.25) is 13.6 Å². The molecule has 2 aliphatic heterocycles. The van der Waals surface area contributed by atoms with Gasteiger partial charge in [-0.2, -0.15) is 0 Å². The summed E-state index contributed by atoms with van der Waals surface area (Å²) in [6, 6.07) is 10.1. The number of aryl methyl sites for hydroxylation is 1. The monoisotopic (exact) mass is 544 g/mol. The van der Waals surface area contributed by atoms with Gasteiger partial charge in [0.15, 0.2) is 28.8 Å². The second-order valence-electron chi connectivity index (χ2n) is 9.86. The molecule has 0 spiro atoms. The maximum atomic E-state index is 6.73. The second-order valence-corrected chi connectivity index (χ2v) is 9.86. The van der Waals surface area contributed by atoms with Crippen molar-refractivity contribution in [1.29, 1.82) is 0 Å². The first kappa shape index (κ1) is 29.5. The van der Waals surface area contributed by atoms with Gasteiger partial charge in [0.25, 0.3) is 0 Å². The van der Waals surface area contributed by atoms with Crippen molar-refractivity contribution in [2.75, 3.05) is 53.2 Å². The summed E-state index contributed by atoms with van der Waals surface area (Å²) in [7, 11) is 0. The van der Waals surface area contributed by atoms with Crippen LogP contribution in [0, 0.1) is 0 Å². The van der Waals surface area contributed by atoms with Gasteiger partial charge in [0.1, 0.15) is 0 Å². The molecule has 0 saturated heterocycles. The smallest absolute Gasteiger partial charge is 0.231 e. The highest BCUT2D eigenvalue weighted by atomic mass is 16.7. The zero-order valence-corrected chi connectivity index (χ0v) is 23.8. The fourth-order valence-electron chi connectivity index (χ4n) is 4.74. The number of rotatable bonds is 19. The van der Waals surface area contributed by atoms with Crippen molar-refractivity contribution in [1.82, 2.24) is 0 Å². The van der Waals surface area contributed by atoms with Crippen LogP contribution < -0.4 is 18.9 Å². The van der Waals surface area contributed by atoms with E-state index in [1.54, 1.807) is 0 Å². The number of ether oxygens (including phenoxy) is 8. The van der Waals surface area contributed by atoms with Gasteiger partial charge in [-0.3, -0.25) is 0 Å². The maximum absolute atomic E-state index is 6.73. The van der Waals surface area contributed by atoms with Crippen LogP contribution in [-0.2, 0) is 37.6 Å². The molecule has 2 aliphatic rings. The minimum absolute atomic E-state index is 0.214. The van der Waals surface area contributed by atoms with Crippen LogP contribution in [-0.4, -0.2) is 53.2 Å². The van der Waals surface area contributed by atoms with Crippen LogP contribution in [0.15, 0.2) is 30.3 Å². The molecule has 216 valence electrons. The number of fused-ring (bicyclic) bond motifs is 2. The summed E-state index contributed by atoms with van der Waals surface area (Å²) in [5.74, 6) is 1.92. The molecule has 4 rings (SSSR count). The van der Waals surface area contributed by atoms with Gasteiger partial charge in [-0.05, 0) is 54.7 Å². The molecule has 1 unspecified atom stereocenters. The Labute approximate surface area is 232 Å². The number of unbranched alkanes of at least 4 members (excludes halogenated alkanes) is 2. The van der Waals surface area contributed by atoms with E-state index in [2.05, 4.69) is 26.8 Å². The fourth-order valence-corrected chi connectivity index (χ4v) is 4.74. The van der Waals surface area contributed by atoms with Crippen molar-refractivity contribution in [3.63, 3.8) is 0 Å². The molecular weight excluding hydrogens is 500 g/mol. The topological polar surface area (TPSA) is 73.8 Å². The van der Waals surface area contributed by atoms with E-state index in [9.17, 15) is 0 Å². The van der Waals surface area contributed by atoms with E-state index in [0.717, 1.165) is 79.1 Å². The average Bonchev–Trinajstić information content (AvgIpc) is 3.60. The Morgan fingerprint density at radius 2 is 1.26 bits per heavy atom. The Hall–Kier alpha value is -2.52. The normalized spacial score (nSPS) is 15.1. The minimum Gasteiger partial charge on any atom is -0.454 e. The number of benzene rings is 2. The first-order valence-electron chi connectivity index (χ1n) is 14.4. The Kier molecular flexibility index (Phi) is 11.6. The van der Waals surface area contributed by atoms with Crippen LogP contribution in [0.3, 0.4) is 0 Å². The molecular formula is C31H44O8. The van der Waals surface area contributed by atoms with E-state index in [0.29, 0.717) is 45.2 Å². The quantitative estimate of drug-likeness (QED) is 0.154. The van der Waals surface area contributed by atoms with E-state index in [1.165, 1.54) is 0 Å². The lowest BCUT2D eigenvalue weighted by Crippen LogP contribution is -2.38. The van der Waals surface area contributed by atoms with Crippen LogP contribution >= 0.6 is 0 Å². The highest BCUT2D eigenvalue weighted by Crippen LogP contribution is 2.43. The van der Waals surface area contributed by atoms with Crippen molar-refractivity contribution in [3.05, 3.63) is 47.0 Å². The molecule has 2 aromatic carbocycles. The third-order valence-electron chi connectivity index (χ3n) is 6.81. The third-order valence-corrected chi connectivity index (χ3v) is 6.81. The molecule has 1 atom stereocenters. The molecule has 8 heteroatoms. The molecule has 2 heterocycles. The highest BCUT2D eigenvalue weighted by molar-refractivity contribution is 5.51. The summed E-state index contributed by atoms with van der Waals surface area (Å²) in [4.78, 5) is 0. The molecule has 0 fully saturated rings. The van der Waals surface area contributed by atoms with Crippen molar-refractivity contribution in [3.8, 4) is 23.0 Å². The van der Waals surface area contributed by atoms with Gasteiger partial charge in [0, 0.05) is 18.6 Å². The van der Waals surface area contributed by atoms with Crippen LogP contribution in [0.5, 0.6) is 23.0 Å². The largest absolute Gasteiger partial charge is 0.454 e. The zero-order chi connectivity index (χ0) is 27.3. The van der Waals surface area contributed by atoms with Crippen LogP contribution in [0.1, 0.15) is 69.6 Å². The van der Waals surface area contributed by atoms with Crippen molar-refractivity contribution in [2.24, 2.45) is 0 Å². The first-order chi connectivity index (χ1) is 19.2. The molecule has 39 heavy (non-hydrogen) atoms. The lowest BCUT2D eigenvalue weighted by molar-refractivity contribution is -0.251. The lowest BCUT2D eigenvalue weighted by atomic mass is 9.90. The molecule has 0 radical (unpaired) electrons. The van der Waals surface area contributed by atoms with Gasteiger partial charge in [0.05, 0.1) is 33.0 Å². The maximum Gasteiger partial charge on any atom is 0.231 e. The molecule has 0 N–H and O–H groups in total. The predicted octanol–water partition coefficient (Wildman–Crippen LogP) is 6.16. The number of hydrogen-bond acceptors (Lipinski definition) is 8. The van der Waals surface area contributed by atoms with Crippen LogP contribution in [0.4, 0.5) is 0 Å². The standard InChI is InChI=1S/C31H44O8/c1-4-7-12-32-14-15-33-16-17-39-31(38-13-8-5-2,21-24-10-11-27-28(18-24)35-22-34-27)26-20-30-29(36-23-37-30)19-25(26)9-6-3/h10-11,18-20H,4-9,12-17,21-23H2,1-3H3. The van der Waals surface area contributed by atoms with Gasteiger partial charge in [-0.1, -0.05) is 46.1 Å². The first-order valence-corrected chi connectivity index (χ1v) is 14.4. The molecule has 0 bridgehead atoms. The van der Waals surface area contributed by atoms with E-state index < -0.39 is 5.79 Å². The molecule has 0 amide bonds. The number of hydrogen-bond donors (Lipinski definition) is 0. The lowest BCUT2D eigenvalue weighted by Gasteiger charge is -2.36. The predicted molar refractivity (Wildman–Crippen MR) is 148 cm³/mol. The summed E-state index contributed by atoms with van der Waals surface area (Å²) in [5, 5.41) is 0. The molecule has 0 saturated carbocycles.